The normalized spacial score (nSPS) is 14.0. The molecule has 3 amide bonds. The molecule has 1 unspecified atom stereocenters. The van der Waals surface area contributed by atoms with E-state index in [1.54, 1.807) is 59.5 Å². The number of nitrogens with zero attached hydrogens (tertiary/aromatic N) is 2. The molecule has 1 fully saturated rings. The third-order valence-corrected chi connectivity index (χ3v) is 7.66. The fourth-order valence-electron chi connectivity index (χ4n) is 4.61. The topological polar surface area (TPSA) is 138 Å². The van der Waals surface area contributed by atoms with Crippen LogP contribution in [0, 0.1) is 0 Å². The van der Waals surface area contributed by atoms with E-state index in [4.69, 9.17) is 9.47 Å². The van der Waals surface area contributed by atoms with Gasteiger partial charge in [-0.2, -0.15) is 0 Å². The summed E-state index contributed by atoms with van der Waals surface area (Å²) in [5.41, 5.74) is 1.72. The first-order chi connectivity index (χ1) is 19.8. The van der Waals surface area contributed by atoms with Crippen molar-refractivity contribution in [2.75, 3.05) is 50.6 Å². The second-order valence-electron chi connectivity index (χ2n) is 9.36. The first-order valence-corrected chi connectivity index (χ1v) is 13.9. The molecular formula is C29H32N4O7S. The number of benzene rings is 2. The maximum Gasteiger partial charge on any atom is 0.409 e. The van der Waals surface area contributed by atoms with Gasteiger partial charge in [0, 0.05) is 42.2 Å². The number of methoxy groups -OCH3 is 2. The van der Waals surface area contributed by atoms with Gasteiger partial charge in [0.2, 0.25) is 0 Å². The molecule has 12 heteroatoms. The molecule has 1 aliphatic heterocycles. The molecule has 0 aliphatic carbocycles. The number of nitrogens with one attached hydrogen (secondary N) is 2. The van der Waals surface area contributed by atoms with Crippen LogP contribution in [0.25, 0.3) is 0 Å². The number of hydrogen-bond donors (Lipinski definition) is 3. The van der Waals surface area contributed by atoms with Gasteiger partial charge in [-0.05, 0) is 54.3 Å². The van der Waals surface area contributed by atoms with E-state index in [0.29, 0.717) is 55.3 Å². The van der Waals surface area contributed by atoms with E-state index in [0.717, 1.165) is 4.88 Å². The zero-order chi connectivity index (χ0) is 29.4. The zero-order valence-electron chi connectivity index (χ0n) is 22.8. The lowest BCUT2D eigenvalue weighted by molar-refractivity contribution is -0.137. The molecule has 1 atom stereocenters. The van der Waals surface area contributed by atoms with E-state index in [9.17, 15) is 24.3 Å². The molecule has 1 aromatic heterocycles. The Morgan fingerprint density at radius 1 is 0.951 bits per heavy atom. The second kappa shape index (κ2) is 13.7. The Kier molecular flexibility index (Phi) is 9.80. The van der Waals surface area contributed by atoms with E-state index < -0.39 is 29.9 Å². The highest BCUT2D eigenvalue weighted by molar-refractivity contribution is 7.10. The standard InChI is InChI=1S/C29H32N4O7S/c1-39-21-7-3-6-19(16-21)27(36)30-22-17-20(28(37)31-23(18-26(34)35)25-8-4-15-41-25)9-10-24(22)32-11-5-12-33(14-13-32)29(38)40-2/h3-4,6-10,15-17,23H,5,11-14,18H2,1-2H3,(H,30,36)(H,31,37)(H,34,35). The van der Waals surface area contributed by atoms with Gasteiger partial charge < -0.3 is 35.0 Å². The number of carboxylic acid groups (broad SMARTS) is 1. The monoisotopic (exact) mass is 580 g/mol. The first kappa shape index (κ1) is 29.4. The molecule has 3 N–H and O–H groups in total. The molecule has 4 rings (SSSR count). The van der Waals surface area contributed by atoms with E-state index in [1.165, 1.54) is 25.6 Å². The minimum atomic E-state index is -1.03. The van der Waals surface area contributed by atoms with Gasteiger partial charge in [0.05, 0.1) is 38.1 Å². The van der Waals surface area contributed by atoms with Crippen LogP contribution in [0.5, 0.6) is 5.75 Å². The number of rotatable bonds is 9. The summed E-state index contributed by atoms with van der Waals surface area (Å²) in [6, 6.07) is 14.6. The van der Waals surface area contributed by atoms with Crippen LogP contribution in [0.4, 0.5) is 16.2 Å². The third kappa shape index (κ3) is 7.54. The molecular weight excluding hydrogens is 548 g/mol. The minimum absolute atomic E-state index is 0.257. The lowest BCUT2D eigenvalue weighted by Crippen LogP contribution is -2.35. The number of carbonyl (C=O) groups is 4. The molecule has 216 valence electrons. The number of hydrogen-bond acceptors (Lipinski definition) is 8. The molecule has 0 saturated carbocycles. The van der Waals surface area contributed by atoms with Crippen molar-refractivity contribution in [3.05, 3.63) is 76.0 Å². The summed E-state index contributed by atoms with van der Waals surface area (Å²) in [6.07, 6.45) is 0.0130. The molecule has 0 radical (unpaired) electrons. The van der Waals surface area contributed by atoms with Gasteiger partial charge in [0.1, 0.15) is 5.75 Å². The first-order valence-electron chi connectivity index (χ1n) is 13.0. The Balaban J connectivity index is 1.63. The molecule has 41 heavy (non-hydrogen) atoms. The SMILES string of the molecule is COC(=O)N1CCCN(c2ccc(C(=O)NC(CC(=O)O)c3cccs3)cc2NC(=O)c2cccc(OC)c2)CC1. The van der Waals surface area contributed by atoms with E-state index in [-0.39, 0.29) is 12.0 Å². The zero-order valence-corrected chi connectivity index (χ0v) is 23.6. The summed E-state index contributed by atoms with van der Waals surface area (Å²) in [5, 5.41) is 17.0. The van der Waals surface area contributed by atoms with Crippen molar-refractivity contribution in [1.82, 2.24) is 10.2 Å². The number of carboxylic acids is 1. The summed E-state index contributed by atoms with van der Waals surface area (Å²) < 4.78 is 10.1. The molecule has 0 spiro atoms. The average Bonchev–Trinajstić information content (AvgIpc) is 3.41. The Hall–Kier alpha value is -4.58. The van der Waals surface area contributed by atoms with Crippen LogP contribution in [0.1, 0.15) is 44.5 Å². The maximum atomic E-state index is 13.3. The lowest BCUT2D eigenvalue weighted by Gasteiger charge is -2.26. The number of amides is 3. The predicted molar refractivity (Wildman–Crippen MR) is 155 cm³/mol. The number of thiophene rings is 1. The van der Waals surface area contributed by atoms with Crippen molar-refractivity contribution in [2.45, 2.75) is 18.9 Å². The highest BCUT2D eigenvalue weighted by Crippen LogP contribution is 2.30. The van der Waals surface area contributed by atoms with Gasteiger partial charge >= 0.3 is 12.1 Å². The molecule has 3 aromatic rings. The van der Waals surface area contributed by atoms with Crippen molar-refractivity contribution in [3.8, 4) is 5.75 Å². The molecule has 0 bridgehead atoms. The van der Waals surface area contributed by atoms with Crippen molar-refractivity contribution in [1.29, 1.82) is 0 Å². The van der Waals surface area contributed by atoms with Gasteiger partial charge in [-0.1, -0.05) is 12.1 Å². The highest BCUT2D eigenvalue weighted by atomic mass is 32.1. The second-order valence-corrected chi connectivity index (χ2v) is 10.3. The minimum Gasteiger partial charge on any atom is -0.497 e. The highest BCUT2D eigenvalue weighted by Gasteiger charge is 2.24. The van der Waals surface area contributed by atoms with E-state index >= 15 is 0 Å². The van der Waals surface area contributed by atoms with Gasteiger partial charge in [0.15, 0.2) is 0 Å². The predicted octanol–water partition coefficient (Wildman–Crippen LogP) is 4.23. The summed E-state index contributed by atoms with van der Waals surface area (Å²) in [4.78, 5) is 54.6. The van der Waals surface area contributed by atoms with Gasteiger partial charge in [-0.3, -0.25) is 14.4 Å². The number of aliphatic carboxylic acids is 1. The van der Waals surface area contributed by atoms with Crippen LogP contribution in [0.15, 0.2) is 60.0 Å². The Bertz CT molecular complexity index is 1400. The lowest BCUT2D eigenvalue weighted by atomic mass is 10.1. The fraction of sp³-hybridized carbons (Fsp3) is 0.310. The van der Waals surface area contributed by atoms with Crippen molar-refractivity contribution in [2.24, 2.45) is 0 Å². The molecule has 1 aliphatic rings. The van der Waals surface area contributed by atoms with Gasteiger partial charge in [-0.15, -0.1) is 11.3 Å². The van der Waals surface area contributed by atoms with Crippen LogP contribution in [0.2, 0.25) is 0 Å². The van der Waals surface area contributed by atoms with Gasteiger partial charge in [0.25, 0.3) is 11.8 Å². The Labute approximate surface area is 241 Å². The van der Waals surface area contributed by atoms with Crippen LogP contribution in [-0.4, -0.2) is 74.3 Å². The van der Waals surface area contributed by atoms with Crippen LogP contribution in [-0.2, 0) is 9.53 Å². The number of carbonyl (C=O) groups excluding carboxylic acids is 3. The molecule has 2 aromatic carbocycles. The van der Waals surface area contributed by atoms with Crippen molar-refractivity contribution < 1.29 is 33.8 Å². The summed E-state index contributed by atoms with van der Waals surface area (Å²) in [5.74, 6) is -1.37. The van der Waals surface area contributed by atoms with Gasteiger partial charge in [-0.25, -0.2) is 4.79 Å². The quantitative estimate of drug-likeness (QED) is 0.342. The summed E-state index contributed by atoms with van der Waals surface area (Å²) in [6.45, 7) is 2.06. The third-order valence-electron chi connectivity index (χ3n) is 6.68. The van der Waals surface area contributed by atoms with Crippen LogP contribution >= 0.6 is 11.3 Å². The van der Waals surface area contributed by atoms with E-state index in [2.05, 4.69) is 10.6 Å². The average molecular weight is 581 g/mol. The Morgan fingerprint density at radius 3 is 2.46 bits per heavy atom. The van der Waals surface area contributed by atoms with Crippen molar-refractivity contribution >= 4 is 46.6 Å². The number of ether oxygens (including phenoxy) is 2. The number of anilines is 2. The molecule has 2 heterocycles. The smallest absolute Gasteiger partial charge is 0.409 e. The van der Waals surface area contributed by atoms with Crippen molar-refractivity contribution in [3.63, 3.8) is 0 Å². The van der Waals surface area contributed by atoms with E-state index in [1.807, 2.05) is 10.3 Å². The molecule has 11 nitrogen and oxygen atoms in total. The fourth-order valence-corrected chi connectivity index (χ4v) is 5.39. The maximum absolute atomic E-state index is 13.3. The Morgan fingerprint density at radius 2 is 1.76 bits per heavy atom. The van der Waals surface area contributed by atoms with Crippen LogP contribution < -0.4 is 20.3 Å². The largest absolute Gasteiger partial charge is 0.497 e. The van der Waals surface area contributed by atoms with Crippen LogP contribution in [0.3, 0.4) is 0 Å². The molecule has 1 saturated heterocycles. The summed E-state index contributed by atoms with van der Waals surface area (Å²) in [7, 11) is 2.86. The summed E-state index contributed by atoms with van der Waals surface area (Å²) >= 11 is 1.36.